The van der Waals surface area contributed by atoms with Gasteiger partial charge in [-0.15, -0.1) is 0 Å². The first kappa shape index (κ1) is 13.4. The molecular weight excluding hydrogens is 313 g/mol. The first-order valence-corrected chi connectivity index (χ1v) is 7.01. The molecule has 0 radical (unpaired) electrons. The molecule has 0 aliphatic carbocycles. The molecule has 1 N–H and O–H groups in total. The molecule has 0 bridgehead atoms. The van der Waals surface area contributed by atoms with Crippen molar-refractivity contribution in [2.45, 2.75) is 0 Å². The topological polar surface area (TPSA) is 33.6 Å². The van der Waals surface area contributed by atoms with Crippen LogP contribution >= 0.6 is 35.4 Å². The molecule has 0 saturated heterocycles. The van der Waals surface area contributed by atoms with Crippen molar-refractivity contribution in [3.05, 3.63) is 63.3 Å². The third kappa shape index (κ3) is 2.38. The summed E-state index contributed by atoms with van der Waals surface area (Å²) in [5.41, 5.74) is 1.69. The fraction of sp³-hybridized carbons (Fsp3) is 0. The van der Waals surface area contributed by atoms with E-state index >= 15 is 0 Å². The highest BCUT2D eigenvalue weighted by atomic mass is 35.5. The fourth-order valence-electron chi connectivity index (χ4n) is 1.95. The van der Waals surface area contributed by atoms with Crippen molar-refractivity contribution in [3.8, 4) is 17.1 Å². The summed E-state index contributed by atoms with van der Waals surface area (Å²) in [6, 6.07) is 14.9. The summed E-state index contributed by atoms with van der Waals surface area (Å²) < 4.78 is 2.33. The van der Waals surface area contributed by atoms with Crippen molar-refractivity contribution < 1.29 is 0 Å². The van der Waals surface area contributed by atoms with Crippen molar-refractivity contribution >= 4 is 35.4 Å². The quantitative estimate of drug-likeness (QED) is 0.681. The highest BCUT2D eigenvalue weighted by Gasteiger charge is 2.13. The van der Waals surface area contributed by atoms with Crippen molar-refractivity contribution in [1.82, 2.24) is 14.8 Å². The zero-order chi connectivity index (χ0) is 14.1. The Morgan fingerprint density at radius 1 is 1.00 bits per heavy atom. The summed E-state index contributed by atoms with van der Waals surface area (Å²) >= 11 is 17.4. The minimum Gasteiger partial charge on any atom is -0.268 e. The van der Waals surface area contributed by atoms with Gasteiger partial charge in [0.05, 0.1) is 10.7 Å². The molecule has 3 rings (SSSR count). The Bertz CT molecular complexity index is 806. The van der Waals surface area contributed by atoms with E-state index in [0.29, 0.717) is 20.6 Å². The fourth-order valence-corrected chi connectivity index (χ4v) is 2.53. The first-order chi connectivity index (χ1) is 9.66. The van der Waals surface area contributed by atoms with Crippen LogP contribution in [0.1, 0.15) is 0 Å². The third-order valence-corrected chi connectivity index (χ3v) is 3.73. The second-order valence-corrected chi connectivity index (χ2v) is 5.37. The lowest BCUT2D eigenvalue weighted by molar-refractivity contribution is 1.04. The van der Waals surface area contributed by atoms with Crippen molar-refractivity contribution in [2.75, 3.05) is 0 Å². The third-order valence-electron chi connectivity index (χ3n) is 2.87. The van der Waals surface area contributed by atoms with Gasteiger partial charge in [0.25, 0.3) is 0 Å². The SMILES string of the molecule is S=c1[nH]nc(-c2ccccc2Cl)n1-c1ccc(Cl)cc1. The van der Waals surface area contributed by atoms with Gasteiger partial charge < -0.3 is 0 Å². The lowest BCUT2D eigenvalue weighted by atomic mass is 10.2. The number of aromatic amines is 1. The molecule has 0 aliphatic rings. The van der Waals surface area contributed by atoms with E-state index in [1.54, 1.807) is 0 Å². The summed E-state index contributed by atoms with van der Waals surface area (Å²) in [6.07, 6.45) is 0. The van der Waals surface area contributed by atoms with E-state index in [2.05, 4.69) is 10.2 Å². The van der Waals surface area contributed by atoms with Gasteiger partial charge >= 0.3 is 0 Å². The van der Waals surface area contributed by atoms with Crippen LogP contribution < -0.4 is 0 Å². The highest BCUT2D eigenvalue weighted by molar-refractivity contribution is 7.71. The summed E-state index contributed by atoms with van der Waals surface area (Å²) in [7, 11) is 0. The molecule has 0 spiro atoms. The number of benzene rings is 2. The van der Waals surface area contributed by atoms with E-state index in [9.17, 15) is 0 Å². The van der Waals surface area contributed by atoms with Crippen molar-refractivity contribution in [2.24, 2.45) is 0 Å². The minimum absolute atomic E-state index is 0.502. The van der Waals surface area contributed by atoms with Crippen LogP contribution in [0.5, 0.6) is 0 Å². The predicted molar refractivity (Wildman–Crippen MR) is 84.2 cm³/mol. The number of aromatic nitrogens is 3. The van der Waals surface area contributed by atoms with Crippen LogP contribution in [0.2, 0.25) is 10.0 Å². The number of H-pyrrole nitrogens is 1. The molecule has 20 heavy (non-hydrogen) atoms. The first-order valence-electron chi connectivity index (χ1n) is 5.85. The Hall–Kier alpha value is -1.62. The second kappa shape index (κ2) is 5.40. The number of nitrogens with zero attached hydrogens (tertiary/aromatic N) is 2. The maximum absolute atomic E-state index is 6.23. The Kier molecular flexibility index (Phi) is 3.61. The largest absolute Gasteiger partial charge is 0.268 e. The van der Waals surface area contributed by atoms with Gasteiger partial charge in [0, 0.05) is 10.6 Å². The molecule has 100 valence electrons. The van der Waals surface area contributed by atoms with Crippen LogP contribution in [-0.4, -0.2) is 14.8 Å². The normalized spacial score (nSPS) is 10.7. The van der Waals surface area contributed by atoms with E-state index in [-0.39, 0.29) is 0 Å². The van der Waals surface area contributed by atoms with Crippen molar-refractivity contribution in [1.29, 1.82) is 0 Å². The number of rotatable bonds is 2. The molecule has 0 amide bonds. The standard InChI is InChI=1S/C14H9Cl2N3S/c15-9-5-7-10(8-6-9)19-13(17-18-14(19)20)11-3-1-2-4-12(11)16/h1-8H,(H,18,20). The molecule has 0 atom stereocenters. The van der Waals surface area contributed by atoms with Crippen LogP contribution in [0.25, 0.3) is 17.1 Å². The molecule has 0 unspecified atom stereocenters. The number of hydrogen-bond donors (Lipinski definition) is 1. The molecular formula is C14H9Cl2N3S. The Morgan fingerprint density at radius 2 is 1.70 bits per heavy atom. The maximum atomic E-state index is 6.23. The van der Waals surface area contributed by atoms with Gasteiger partial charge in [0.2, 0.25) is 0 Å². The van der Waals surface area contributed by atoms with Gasteiger partial charge in [-0.1, -0.05) is 35.3 Å². The number of halogens is 2. The van der Waals surface area contributed by atoms with Crippen molar-refractivity contribution in [3.63, 3.8) is 0 Å². The summed E-state index contributed by atoms with van der Waals surface area (Å²) in [5, 5.41) is 8.37. The Labute approximate surface area is 130 Å². The highest BCUT2D eigenvalue weighted by Crippen LogP contribution is 2.28. The van der Waals surface area contributed by atoms with Gasteiger partial charge in [-0.25, -0.2) is 0 Å². The lowest BCUT2D eigenvalue weighted by Crippen LogP contribution is -1.97. The average molecular weight is 322 g/mol. The zero-order valence-corrected chi connectivity index (χ0v) is 12.5. The monoisotopic (exact) mass is 321 g/mol. The zero-order valence-electron chi connectivity index (χ0n) is 10.2. The van der Waals surface area contributed by atoms with Crippen LogP contribution in [0.3, 0.4) is 0 Å². The van der Waals surface area contributed by atoms with Gasteiger partial charge in [0.15, 0.2) is 10.6 Å². The average Bonchev–Trinajstić information content (AvgIpc) is 2.82. The predicted octanol–water partition coefficient (Wildman–Crippen LogP) is 4.90. The Balaban J connectivity index is 2.23. The lowest BCUT2D eigenvalue weighted by Gasteiger charge is -2.08. The molecule has 6 heteroatoms. The van der Waals surface area contributed by atoms with E-state index in [0.717, 1.165) is 11.3 Å². The summed E-state index contributed by atoms with van der Waals surface area (Å²) in [4.78, 5) is 0. The molecule has 2 aromatic carbocycles. The van der Waals surface area contributed by atoms with Crippen LogP contribution in [0.15, 0.2) is 48.5 Å². The molecule has 0 aliphatic heterocycles. The molecule has 3 nitrogen and oxygen atoms in total. The Morgan fingerprint density at radius 3 is 2.40 bits per heavy atom. The van der Waals surface area contributed by atoms with Gasteiger partial charge in [-0.05, 0) is 48.6 Å². The van der Waals surface area contributed by atoms with E-state index in [1.807, 2.05) is 53.1 Å². The molecule has 0 saturated carbocycles. The van der Waals surface area contributed by atoms with Gasteiger partial charge in [-0.3, -0.25) is 9.67 Å². The second-order valence-electron chi connectivity index (χ2n) is 4.14. The molecule has 3 aromatic rings. The van der Waals surface area contributed by atoms with Crippen LogP contribution in [-0.2, 0) is 0 Å². The molecule has 1 aromatic heterocycles. The van der Waals surface area contributed by atoms with Crippen LogP contribution in [0, 0.1) is 4.77 Å². The maximum Gasteiger partial charge on any atom is 0.200 e. The van der Waals surface area contributed by atoms with E-state index < -0.39 is 0 Å². The summed E-state index contributed by atoms with van der Waals surface area (Å²) in [6.45, 7) is 0. The van der Waals surface area contributed by atoms with E-state index in [1.165, 1.54) is 0 Å². The van der Waals surface area contributed by atoms with E-state index in [4.69, 9.17) is 35.4 Å². The van der Waals surface area contributed by atoms with Gasteiger partial charge in [-0.2, -0.15) is 5.10 Å². The van der Waals surface area contributed by atoms with Gasteiger partial charge in [0.1, 0.15) is 0 Å². The molecule has 0 fully saturated rings. The minimum atomic E-state index is 0.502. The van der Waals surface area contributed by atoms with Crippen LogP contribution in [0.4, 0.5) is 0 Å². The molecule has 1 heterocycles. The smallest absolute Gasteiger partial charge is 0.200 e. The number of nitrogens with one attached hydrogen (secondary N) is 1. The number of hydrogen-bond acceptors (Lipinski definition) is 2. The summed E-state index contributed by atoms with van der Waals surface area (Å²) in [5.74, 6) is 0.669.